The van der Waals surface area contributed by atoms with Gasteiger partial charge in [0.05, 0.1) is 5.69 Å². The number of hydrogen-bond acceptors (Lipinski definition) is 3. The first kappa shape index (κ1) is 19.5. The van der Waals surface area contributed by atoms with Gasteiger partial charge >= 0.3 is 0 Å². The second-order valence-electron chi connectivity index (χ2n) is 6.68. The van der Waals surface area contributed by atoms with Crippen LogP contribution in [-0.4, -0.2) is 29.5 Å². The van der Waals surface area contributed by atoms with Crippen molar-refractivity contribution in [1.29, 1.82) is 0 Å². The van der Waals surface area contributed by atoms with E-state index < -0.39 is 11.6 Å². The van der Waals surface area contributed by atoms with Gasteiger partial charge in [0, 0.05) is 30.2 Å². The average molecular weight is 391 g/mol. The summed E-state index contributed by atoms with van der Waals surface area (Å²) in [6.07, 6.45) is 2.91. The topological polar surface area (TPSA) is 25.4 Å². The first-order valence-electron chi connectivity index (χ1n) is 8.72. The van der Waals surface area contributed by atoms with E-state index in [4.69, 9.17) is 16.3 Å². The number of rotatable bonds is 6. The zero-order valence-corrected chi connectivity index (χ0v) is 15.9. The van der Waals surface area contributed by atoms with Gasteiger partial charge < -0.3 is 4.74 Å². The predicted molar refractivity (Wildman–Crippen MR) is 104 cm³/mol. The molecule has 2 aromatic rings. The number of halogens is 3. The van der Waals surface area contributed by atoms with Gasteiger partial charge in [-0.05, 0) is 43.2 Å². The highest BCUT2D eigenvalue weighted by Crippen LogP contribution is 2.25. The molecule has 27 heavy (non-hydrogen) atoms. The monoisotopic (exact) mass is 390 g/mol. The summed E-state index contributed by atoms with van der Waals surface area (Å²) in [5, 5.41) is 0.299. The predicted octanol–water partition coefficient (Wildman–Crippen LogP) is 5.26. The smallest absolute Gasteiger partial charge is 0.251 e. The Morgan fingerprint density at radius 2 is 2.07 bits per heavy atom. The van der Waals surface area contributed by atoms with Crippen molar-refractivity contribution in [2.45, 2.75) is 20.0 Å². The van der Waals surface area contributed by atoms with Crippen LogP contribution in [0.5, 0.6) is 5.88 Å². The van der Waals surface area contributed by atoms with Crippen molar-refractivity contribution in [3.63, 3.8) is 0 Å². The van der Waals surface area contributed by atoms with Crippen molar-refractivity contribution >= 4 is 17.2 Å². The average Bonchev–Trinajstić information content (AvgIpc) is 2.62. The van der Waals surface area contributed by atoms with Gasteiger partial charge in [0.2, 0.25) is 0 Å². The molecule has 0 N–H and O–H groups in total. The maximum atomic E-state index is 14.1. The Labute approximate surface area is 162 Å². The van der Waals surface area contributed by atoms with E-state index >= 15 is 0 Å². The number of pyridine rings is 1. The Kier molecular flexibility index (Phi) is 6.24. The van der Waals surface area contributed by atoms with Crippen LogP contribution in [0.15, 0.2) is 48.6 Å². The number of nitrogens with zero attached hydrogens (tertiary/aromatic N) is 2. The Balaban J connectivity index is 1.71. The number of aromatic nitrogens is 1. The maximum Gasteiger partial charge on any atom is 0.251 e. The third-order valence-corrected chi connectivity index (χ3v) is 4.54. The van der Waals surface area contributed by atoms with Gasteiger partial charge in [0.1, 0.15) is 12.4 Å². The van der Waals surface area contributed by atoms with E-state index in [1.165, 1.54) is 18.2 Å². The molecule has 0 atom stereocenters. The molecule has 1 aromatic carbocycles. The van der Waals surface area contributed by atoms with E-state index in [0.717, 1.165) is 37.2 Å². The van der Waals surface area contributed by atoms with Gasteiger partial charge in [0.25, 0.3) is 5.88 Å². The lowest BCUT2D eigenvalue weighted by atomic mass is 10.0. The Morgan fingerprint density at radius 1 is 1.26 bits per heavy atom. The molecule has 2 heterocycles. The highest BCUT2D eigenvalue weighted by molar-refractivity contribution is 6.30. The largest absolute Gasteiger partial charge is 0.471 e. The normalized spacial score (nSPS) is 14.7. The minimum Gasteiger partial charge on any atom is -0.471 e. The Morgan fingerprint density at radius 3 is 2.74 bits per heavy atom. The van der Waals surface area contributed by atoms with Crippen LogP contribution in [0.4, 0.5) is 8.78 Å². The second-order valence-corrected chi connectivity index (χ2v) is 7.12. The van der Waals surface area contributed by atoms with E-state index in [0.29, 0.717) is 16.3 Å². The molecule has 0 unspecified atom stereocenters. The van der Waals surface area contributed by atoms with E-state index in [-0.39, 0.29) is 12.5 Å². The SMILES string of the molecule is C=C(C)CN1CC=C(c2ccc(F)c(OCc3ccc(Cl)cc3F)n2)CC1. The van der Waals surface area contributed by atoms with Crippen LogP contribution >= 0.6 is 11.6 Å². The molecule has 0 spiro atoms. The molecular formula is C21H21ClF2N2O. The van der Waals surface area contributed by atoms with Crippen molar-refractivity contribution in [3.8, 4) is 5.88 Å². The van der Waals surface area contributed by atoms with Gasteiger partial charge in [-0.1, -0.05) is 35.9 Å². The summed E-state index contributed by atoms with van der Waals surface area (Å²) in [6, 6.07) is 7.25. The molecule has 6 heteroatoms. The molecule has 0 fully saturated rings. The number of ether oxygens (including phenoxy) is 1. The highest BCUT2D eigenvalue weighted by atomic mass is 35.5. The van der Waals surface area contributed by atoms with Crippen LogP contribution < -0.4 is 4.74 Å². The fourth-order valence-electron chi connectivity index (χ4n) is 2.96. The molecule has 0 radical (unpaired) electrons. The van der Waals surface area contributed by atoms with Crippen molar-refractivity contribution in [2.75, 3.05) is 19.6 Å². The van der Waals surface area contributed by atoms with Gasteiger partial charge in [-0.3, -0.25) is 4.90 Å². The summed E-state index contributed by atoms with van der Waals surface area (Å²) < 4.78 is 33.4. The minimum absolute atomic E-state index is 0.123. The fourth-order valence-corrected chi connectivity index (χ4v) is 3.12. The summed E-state index contributed by atoms with van der Waals surface area (Å²) in [7, 11) is 0. The van der Waals surface area contributed by atoms with E-state index in [1.54, 1.807) is 12.1 Å². The van der Waals surface area contributed by atoms with Gasteiger partial charge in [-0.2, -0.15) is 0 Å². The molecule has 1 aliphatic rings. The highest BCUT2D eigenvalue weighted by Gasteiger charge is 2.16. The van der Waals surface area contributed by atoms with Crippen LogP contribution in [0.3, 0.4) is 0 Å². The zero-order valence-electron chi connectivity index (χ0n) is 15.1. The summed E-state index contributed by atoms with van der Waals surface area (Å²) in [5.41, 5.74) is 3.14. The van der Waals surface area contributed by atoms with Crippen LogP contribution in [0, 0.1) is 11.6 Å². The molecule has 3 rings (SSSR count). The summed E-state index contributed by atoms with van der Waals surface area (Å²) >= 11 is 5.74. The molecule has 0 saturated heterocycles. The van der Waals surface area contributed by atoms with Crippen molar-refractivity contribution in [2.24, 2.45) is 0 Å². The molecule has 142 valence electrons. The zero-order chi connectivity index (χ0) is 19.4. The number of hydrogen-bond donors (Lipinski definition) is 0. The van der Waals surface area contributed by atoms with Gasteiger partial charge in [-0.15, -0.1) is 0 Å². The molecule has 3 nitrogen and oxygen atoms in total. The summed E-state index contributed by atoms with van der Waals surface area (Å²) in [5.74, 6) is -1.20. The first-order valence-corrected chi connectivity index (χ1v) is 9.09. The lowest BCUT2D eigenvalue weighted by Gasteiger charge is -2.26. The lowest BCUT2D eigenvalue weighted by Crippen LogP contribution is -2.29. The van der Waals surface area contributed by atoms with Gasteiger partial charge in [0.15, 0.2) is 5.82 Å². The first-order chi connectivity index (χ1) is 12.9. The molecule has 0 amide bonds. The van der Waals surface area contributed by atoms with E-state index in [9.17, 15) is 8.78 Å². The van der Waals surface area contributed by atoms with Crippen molar-refractivity contribution in [1.82, 2.24) is 9.88 Å². The van der Waals surface area contributed by atoms with Crippen molar-refractivity contribution < 1.29 is 13.5 Å². The molecule has 0 aliphatic carbocycles. The van der Waals surface area contributed by atoms with Crippen LogP contribution in [0.25, 0.3) is 5.57 Å². The third kappa shape index (κ3) is 5.15. The quantitative estimate of drug-likeness (QED) is 0.629. The van der Waals surface area contributed by atoms with Gasteiger partial charge in [-0.25, -0.2) is 13.8 Å². The number of benzene rings is 1. The molecule has 1 aliphatic heterocycles. The fraction of sp³-hybridized carbons (Fsp3) is 0.286. The van der Waals surface area contributed by atoms with Crippen LogP contribution in [0.2, 0.25) is 5.02 Å². The summed E-state index contributed by atoms with van der Waals surface area (Å²) in [4.78, 5) is 6.58. The van der Waals surface area contributed by atoms with Crippen molar-refractivity contribution in [3.05, 3.63) is 76.5 Å². The molecule has 0 saturated carbocycles. The van der Waals surface area contributed by atoms with E-state index in [2.05, 4.69) is 22.5 Å². The molecular weight excluding hydrogens is 370 g/mol. The minimum atomic E-state index is -0.576. The second kappa shape index (κ2) is 8.63. The maximum absolute atomic E-state index is 14.1. The summed E-state index contributed by atoms with van der Waals surface area (Å²) in [6.45, 7) is 8.38. The lowest BCUT2D eigenvalue weighted by molar-refractivity contribution is 0.272. The van der Waals surface area contributed by atoms with Crippen LogP contribution in [-0.2, 0) is 6.61 Å². The Hall–Kier alpha value is -2.24. The molecule has 1 aromatic heterocycles. The Bertz CT molecular complexity index is 882. The van der Waals surface area contributed by atoms with Crippen LogP contribution in [0.1, 0.15) is 24.6 Å². The van der Waals surface area contributed by atoms with E-state index in [1.807, 2.05) is 6.92 Å². The standard InChI is InChI=1S/C21H21ClF2N2O/c1-14(2)12-26-9-7-15(8-10-26)20-6-5-18(23)21(25-20)27-13-16-3-4-17(22)11-19(16)24/h3-7,11H,1,8-10,12-13H2,2H3. The third-order valence-electron chi connectivity index (χ3n) is 4.31. The molecule has 0 bridgehead atoms.